The van der Waals surface area contributed by atoms with Gasteiger partial charge >= 0.3 is 0 Å². The minimum Gasteiger partial charge on any atom is -0.394 e. The van der Waals surface area contributed by atoms with Gasteiger partial charge < -0.3 is 15.3 Å². The summed E-state index contributed by atoms with van der Waals surface area (Å²) in [5.74, 6) is 0.143. The molecule has 24 heavy (non-hydrogen) atoms. The van der Waals surface area contributed by atoms with E-state index < -0.39 is 0 Å². The topological polar surface area (TPSA) is 70.4 Å². The van der Waals surface area contributed by atoms with Crippen molar-refractivity contribution in [2.24, 2.45) is 0 Å². The Hall–Kier alpha value is -1.70. The Morgan fingerprint density at radius 2 is 2.29 bits per heavy atom. The summed E-state index contributed by atoms with van der Waals surface area (Å²) in [6.45, 7) is 7.02. The van der Waals surface area contributed by atoms with Crippen molar-refractivity contribution in [2.45, 2.75) is 39.9 Å². The van der Waals surface area contributed by atoms with Gasteiger partial charge in [-0.15, -0.1) is 11.3 Å². The van der Waals surface area contributed by atoms with E-state index in [1.807, 2.05) is 23.4 Å². The molecule has 2 N–H and O–H groups in total. The van der Waals surface area contributed by atoms with Crippen molar-refractivity contribution in [2.75, 3.05) is 19.7 Å². The molecule has 1 aliphatic rings. The van der Waals surface area contributed by atoms with Gasteiger partial charge in [-0.1, -0.05) is 0 Å². The molecule has 7 heteroatoms. The lowest BCUT2D eigenvalue weighted by Gasteiger charge is -2.27. The molecule has 0 unspecified atom stereocenters. The van der Waals surface area contributed by atoms with Crippen molar-refractivity contribution in [1.29, 1.82) is 0 Å². The summed E-state index contributed by atoms with van der Waals surface area (Å²) >= 11 is 1.78. The second-order valence-electron chi connectivity index (χ2n) is 6.13. The number of carbonyl (C=O) groups is 1. The number of nitrogens with one attached hydrogen (secondary N) is 1. The van der Waals surface area contributed by atoms with E-state index in [4.69, 9.17) is 5.11 Å². The zero-order valence-electron chi connectivity index (χ0n) is 14.2. The number of fused-ring (bicyclic) bond motifs is 1. The van der Waals surface area contributed by atoms with E-state index in [1.165, 1.54) is 10.4 Å². The predicted octanol–water partition coefficient (Wildman–Crippen LogP) is 1.23. The summed E-state index contributed by atoms with van der Waals surface area (Å²) in [6, 6.07) is 2.12. The molecule has 0 spiro atoms. The quantitative estimate of drug-likeness (QED) is 0.824. The highest BCUT2D eigenvalue weighted by Crippen LogP contribution is 2.23. The summed E-state index contributed by atoms with van der Waals surface area (Å²) in [6.07, 6.45) is 0.963. The van der Waals surface area contributed by atoms with Gasteiger partial charge in [0.2, 0.25) is 5.91 Å². The minimum absolute atomic E-state index is 0.0762. The van der Waals surface area contributed by atoms with Crippen LogP contribution < -0.4 is 5.32 Å². The van der Waals surface area contributed by atoms with Crippen LogP contribution in [0.2, 0.25) is 0 Å². The van der Waals surface area contributed by atoms with E-state index in [0.717, 1.165) is 36.5 Å². The van der Waals surface area contributed by atoms with Crippen molar-refractivity contribution < 1.29 is 9.90 Å². The molecule has 2 aromatic heterocycles. The Bertz CT molecular complexity index is 722. The molecule has 1 amide bonds. The number of carbonyl (C=O) groups excluding carboxylic acids is 1. The molecule has 1 aliphatic heterocycles. The number of aromatic nitrogens is 2. The first-order valence-corrected chi connectivity index (χ1v) is 9.15. The molecule has 2 aromatic rings. The van der Waals surface area contributed by atoms with Crippen LogP contribution in [-0.2, 0) is 30.8 Å². The SMILES string of the molecule is Cc1nn(CCO)c(C)c1CNCC(=O)N1CCc2sccc2C1. The van der Waals surface area contributed by atoms with E-state index in [9.17, 15) is 4.79 Å². The van der Waals surface area contributed by atoms with Crippen LogP contribution in [0.25, 0.3) is 0 Å². The number of nitrogens with zero attached hydrogens (tertiary/aromatic N) is 3. The van der Waals surface area contributed by atoms with Gasteiger partial charge in [0.15, 0.2) is 0 Å². The maximum Gasteiger partial charge on any atom is 0.236 e. The molecule has 0 atom stereocenters. The maximum atomic E-state index is 12.4. The lowest BCUT2D eigenvalue weighted by atomic mass is 10.1. The highest BCUT2D eigenvalue weighted by atomic mass is 32.1. The van der Waals surface area contributed by atoms with Crippen LogP contribution in [0.15, 0.2) is 11.4 Å². The van der Waals surface area contributed by atoms with Gasteiger partial charge in [-0.05, 0) is 37.3 Å². The zero-order chi connectivity index (χ0) is 17.1. The summed E-state index contributed by atoms with van der Waals surface area (Å²) in [7, 11) is 0. The van der Waals surface area contributed by atoms with E-state index in [-0.39, 0.29) is 12.5 Å². The maximum absolute atomic E-state index is 12.4. The van der Waals surface area contributed by atoms with Crippen LogP contribution in [0.5, 0.6) is 0 Å². The molecule has 0 fully saturated rings. The third kappa shape index (κ3) is 3.53. The van der Waals surface area contributed by atoms with E-state index in [1.54, 1.807) is 11.3 Å². The van der Waals surface area contributed by atoms with Crippen molar-refractivity contribution in [1.82, 2.24) is 20.0 Å². The second kappa shape index (κ2) is 7.46. The first-order valence-electron chi connectivity index (χ1n) is 8.27. The smallest absolute Gasteiger partial charge is 0.236 e. The third-order valence-electron chi connectivity index (χ3n) is 4.58. The summed E-state index contributed by atoms with van der Waals surface area (Å²) in [4.78, 5) is 15.7. The summed E-state index contributed by atoms with van der Waals surface area (Å²) in [5.41, 5.74) is 4.38. The molecular formula is C17H24N4O2S. The summed E-state index contributed by atoms with van der Waals surface area (Å²) < 4.78 is 1.82. The Kier molecular flexibility index (Phi) is 5.33. The average Bonchev–Trinajstić information content (AvgIpc) is 3.14. The van der Waals surface area contributed by atoms with Crippen LogP contribution in [0, 0.1) is 13.8 Å². The normalized spacial score (nSPS) is 14.0. The molecule has 6 nitrogen and oxygen atoms in total. The van der Waals surface area contributed by atoms with Gasteiger partial charge in [-0.3, -0.25) is 9.48 Å². The van der Waals surface area contributed by atoms with E-state index in [2.05, 4.69) is 21.9 Å². The fourth-order valence-electron chi connectivity index (χ4n) is 3.17. The molecule has 0 bridgehead atoms. The molecule has 0 saturated heterocycles. The van der Waals surface area contributed by atoms with Crippen molar-refractivity contribution in [3.8, 4) is 0 Å². The predicted molar refractivity (Wildman–Crippen MR) is 93.9 cm³/mol. The number of amides is 1. The Labute approximate surface area is 146 Å². The van der Waals surface area contributed by atoms with Crippen molar-refractivity contribution in [3.63, 3.8) is 0 Å². The zero-order valence-corrected chi connectivity index (χ0v) is 15.0. The Morgan fingerprint density at radius 1 is 1.46 bits per heavy atom. The van der Waals surface area contributed by atoms with Crippen LogP contribution >= 0.6 is 11.3 Å². The first kappa shape index (κ1) is 17.1. The number of aliphatic hydroxyl groups is 1. The van der Waals surface area contributed by atoms with Crippen molar-refractivity contribution in [3.05, 3.63) is 38.8 Å². The highest BCUT2D eigenvalue weighted by molar-refractivity contribution is 7.10. The monoisotopic (exact) mass is 348 g/mol. The summed E-state index contributed by atoms with van der Waals surface area (Å²) in [5, 5.41) is 18.8. The first-order chi connectivity index (χ1) is 11.6. The molecule has 3 rings (SSSR count). The Balaban J connectivity index is 1.53. The lowest BCUT2D eigenvalue weighted by Crippen LogP contribution is -2.40. The molecule has 3 heterocycles. The van der Waals surface area contributed by atoms with Gasteiger partial charge in [0.1, 0.15) is 0 Å². The molecular weight excluding hydrogens is 324 g/mol. The van der Waals surface area contributed by atoms with Crippen LogP contribution in [0.4, 0.5) is 0 Å². The van der Waals surface area contributed by atoms with Gasteiger partial charge in [0.25, 0.3) is 0 Å². The third-order valence-corrected chi connectivity index (χ3v) is 5.60. The number of rotatable bonds is 6. The number of thiophene rings is 1. The molecule has 0 aliphatic carbocycles. The van der Waals surface area contributed by atoms with Crippen molar-refractivity contribution >= 4 is 17.2 Å². The number of hydrogen-bond acceptors (Lipinski definition) is 5. The molecule has 0 saturated carbocycles. The van der Waals surface area contributed by atoms with Gasteiger partial charge in [0.05, 0.1) is 25.4 Å². The van der Waals surface area contributed by atoms with Crippen LogP contribution in [-0.4, -0.2) is 45.4 Å². The van der Waals surface area contributed by atoms with E-state index >= 15 is 0 Å². The fourth-order valence-corrected chi connectivity index (χ4v) is 4.06. The minimum atomic E-state index is 0.0762. The van der Waals surface area contributed by atoms with Gasteiger partial charge in [-0.2, -0.15) is 5.10 Å². The van der Waals surface area contributed by atoms with E-state index in [0.29, 0.717) is 19.6 Å². The molecule has 0 aromatic carbocycles. The average molecular weight is 348 g/mol. The molecule has 0 radical (unpaired) electrons. The molecule has 130 valence electrons. The van der Waals surface area contributed by atoms with Gasteiger partial charge in [0, 0.05) is 35.8 Å². The second-order valence-corrected chi connectivity index (χ2v) is 7.13. The lowest BCUT2D eigenvalue weighted by molar-refractivity contribution is -0.131. The van der Waals surface area contributed by atoms with Crippen LogP contribution in [0.1, 0.15) is 27.4 Å². The number of hydrogen-bond donors (Lipinski definition) is 2. The van der Waals surface area contributed by atoms with Crippen LogP contribution in [0.3, 0.4) is 0 Å². The number of aliphatic hydroxyl groups excluding tert-OH is 1. The number of aryl methyl sites for hydroxylation is 1. The van der Waals surface area contributed by atoms with Gasteiger partial charge in [-0.25, -0.2) is 0 Å². The highest BCUT2D eigenvalue weighted by Gasteiger charge is 2.21. The standard InChI is InChI=1S/C17H24N4O2S/c1-12-15(13(2)21(19-12)6-7-22)9-18-10-17(23)20-5-3-16-14(11-20)4-8-24-16/h4,8,18,22H,3,5-7,9-11H2,1-2H3. The fraction of sp³-hybridized carbons (Fsp3) is 0.529. The Morgan fingerprint density at radius 3 is 3.08 bits per heavy atom. The largest absolute Gasteiger partial charge is 0.394 e.